The Morgan fingerprint density at radius 1 is 1.35 bits per heavy atom. The molecule has 0 fully saturated rings. The molecular weight excluding hydrogens is 450 g/mol. The number of rotatable bonds is 5. The van der Waals surface area contributed by atoms with Gasteiger partial charge < -0.3 is 10.6 Å². The van der Waals surface area contributed by atoms with Crippen molar-refractivity contribution in [1.29, 1.82) is 0 Å². The van der Waals surface area contributed by atoms with Crippen molar-refractivity contribution in [1.82, 2.24) is 15.6 Å². The van der Waals surface area contributed by atoms with E-state index >= 15 is 0 Å². The lowest BCUT2D eigenvalue weighted by Crippen LogP contribution is -2.36. The Hall–Kier alpha value is -0.930. The third-order valence-corrected chi connectivity index (χ3v) is 4.46. The molecule has 0 bridgehead atoms. The van der Waals surface area contributed by atoms with Gasteiger partial charge in [-0.25, -0.2) is 9.37 Å². The van der Waals surface area contributed by atoms with E-state index in [0.29, 0.717) is 19.0 Å². The minimum absolute atomic E-state index is 0. The van der Waals surface area contributed by atoms with Crippen molar-refractivity contribution in [3.63, 3.8) is 0 Å². The third-order valence-electron chi connectivity index (χ3n) is 3.02. The van der Waals surface area contributed by atoms with Gasteiger partial charge in [-0.2, -0.15) is 0 Å². The van der Waals surface area contributed by atoms with E-state index in [4.69, 9.17) is 11.6 Å². The molecule has 0 aliphatic carbocycles. The van der Waals surface area contributed by atoms with Gasteiger partial charge in [-0.15, -0.1) is 35.3 Å². The molecule has 0 aliphatic rings. The lowest BCUT2D eigenvalue weighted by Gasteiger charge is -2.11. The van der Waals surface area contributed by atoms with Gasteiger partial charge in [0.1, 0.15) is 10.8 Å². The van der Waals surface area contributed by atoms with E-state index in [9.17, 15) is 4.39 Å². The number of hydrogen-bond donors (Lipinski definition) is 2. The number of nitrogens with one attached hydrogen (secondary N) is 2. The number of hydrogen-bond acceptors (Lipinski definition) is 3. The second-order valence-corrected chi connectivity index (χ2v) is 6.21. The van der Waals surface area contributed by atoms with Crippen LogP contribution in [0.3, 0.4) is 0 Å². The fourth-order valence-electron chi connectivity index (χ4n) is 1.81. The van der Waals surface area contributed by atoms with Crippen molar-refractivity contribution < 1.29 is 4.39 Å². The van der Waals surface area contributed by atoms with E-state index in [-0.39, 0.29) is 29.0 Å². The predicted octanol–water partition coefficient (Wildman–Crippen LogP) is 3.98. The van der Waals surface area contributed by atoms with Crippen LogP contribution in [0.25, 0.3) is 0 Å². The predicted molar refractivity (Wildman–Crippen MR) is 105 cm³/mol. The zero-order valence-corrected chi connectivity index (χ0v) is 16.8. The molecule has 0 atom stereocenters. The van der Waals surface area contributed by atoms with E-state index in [1.54, 1.807) is 30.5 Å². The van der Waals surface area contributed by atoms with Crippen LogP contribution in [0.15, 0.2) is 29.4 Å². The summed E-state index contributed by atoms with van der Waals surface area (Å²) in [5.74, 6) is 0.247. The molecule has 8 heteroatoms. The molecule has 1 aromatic heterocycles. The Morgan fingerprint density at radius 2 is 2.09 bits per heavy atom. The van der Waals surface area contributed by atoms with Crippen LogP contribution in [0.2, 0.25) is 5.02 Å². The molecule has 2 aromatic rings. The van der Waals surface area contributed by atoms with Gasteiger partial charge in [-0.05, 0) is 24.1 Å². The standard InChI is InChI=1S/C15H18ClFN4S.HI/c1-3-11-8-19-14(22-11)9-21-15(18-2)20-7-10-4-5-13(17)12(16)6-10;/h4-6,8H,3,7,9H2,1-2H3,(H2,18,20,21);1H. The maximum atomic E-state index is 13.1. The smallest absolute Gasteiger partial charge is 0.191 e. The topological polar surface area (TPSA) is 49.3 Å². The fraction of sp³-hybridized carbons (Fsp3) is 0.333. The molecule has 0 saturated heterocycles. The van der Waals surface area contributed by atoms with Gasteiger partial charge in [0.25, 0.3) is 0 Å². The minimum atomic E-state index is -0.413. The SMILES string of the molecule is CCc1cnc(CNC(=NC)NCc2ccc(F)c(Cl)c2)s1.I. The molecule has 2 rings (SSSR count). The molecule has 0 aliphatic heterocycles. The molecule has 1 aromatic carbocycles. The molecule has 4 nitrogen and oxygen atoms in total. The summed E-state index contributed by atoms with van der Waals surface area (Å²) in [5, 5.41) is 7.50. The van der Waals surface area contributed by atoms with Crippen LogP contribution in [-0.2, 0) is 19.5 Å². The van der Waals surface area contributed by atoms with Gasteiger partial charge in [0.2, 0.25) is 0 Å². The van der Waals surface area contributed by atoms with E-state index in [1.165, 1.54) is 10.9 Å². The highest BCUT2D eigenvalue weighted by Crippen LogP contribution is 2.16. The molecule has 0 saturated carbocycles. The van der Waals surface area contributed by atoms with Crippen molar-refractivity contribution in [2.24, 2.45) is 4.99 Å². The molecule has 0 unspecified atom stereocenters. The summed E-state index contributed by atoms with van der Waals surface area (Å²) in [5.41, 5.74) is 0.886. The first-order valence-electron chi connectivity index (χ1n) is 6.94. The lowest BCUT2D eigenvalue weighted by atomic mass is 10.2. The minimum Gasteiger partial charge on any atom is -0.352 e. The van der Waals surface area contributed by atoms with Gasteiger partial charge in [0.15, 0.2) is 5.96 Å². The van der Waals surface area contributed by atoms with Crippen LogP contribution in [0.4, 0.5) is 4.39 Å². The second-order valence-electron chi connectivity index (χ2n) is 4.60. The van der Waals surface area contributed by atoms with E-state index in [0.717, 1.165) is 17.0 Å². The maximum absolute atomic E-state index is 13.1. The van der Waals surface area contributed by atoms with Gasteiger partial charge in [-0.1, -0.05) is 24.6 Å². The summed E-state index contributed by atoms with van der Waals surface area (Å²) >= 11 is 7.45. The lowest BCUT2D eigenvalue weighted by molar-refractivity contribution is 0.627. The highest BCUT2D eigenvalue weighted by atomic mass is 127. The van der Waals surface area contributed by atoms with Crippen molar-refractivity contribution in [2.45, 2.75) is 26.4 Å². The summed E-state index contributed by atoms with van der Waals surface area (Å²) in [7, 11) is 1.70. The molecule has 0 spiro atoms. The molecule has 126 valence electrons. The Morgan fingerprint density at radius 3 is 2.70 bits per heavy atom. The van der Waals surface area contributed by atoms with E-state index in [2.05, 4.69) is 27.5 Å². The summed E-state index contributed by atoms with van der Waals surface area (Å²) in [6.07, 6.45) is 2.90. The van der Waals surface area contributed by atoms with Gasteiger partial charge >= 0.3 is 0 Å². The molecule has 0 amide bonds. The molecular formula is C15H19ClFIN4S. The average molecular weight is 469 g/mol. The fourth-order valence-corrected chi connectivity index (χ4v) is 2.81. The van der Waals surface area contributed by atoms with Crippen LogP contribution in [-0.4, -0.2) is 18.0 Å². The summed E-state index contributed by atoms with van der Waals surface area (Å²) in [6, 6.07) is 4.65. The Balaban J connectivity index is 0.00000264. The highest BCUT2D eigenvalue weighted by Gasteiger charge is 2.04. The van der Waals surface area contributed by atoms with Crippen molar-refractivity contribution in [2.75, 3.05) is 7.05 Å². The third kappa shape index (κ3) is 6.23. The van der Waals surface area contributed by atoms with Crippen molar-refractivity contribution >= 4 is 52.9 Å². The van der Waals surface area contributed by atoms with Crippen LogP contribution >= 0.6 is 46.9 Å². The Bertz CT molecular complexity index is 663. The summed E-state index contributed by atoms with van der Waals surface area (Å²) in [4.78, 5) is 9.76. The first kappa shape index (κ1) is 20.1. The monoisotopic (exact) mass is 468 g/mol. The van der Waals surface area contributed by atoms with Crippen LogP contribution in [0.5, 0.6) is 0 Å². The quantitative estimate of drug-likeness (QED) is 0.396. The number of halogens is 3. The largest absolute Gasteiger partial charge is 0.352 e. The van der Waals surface area contributed by atoms with Crippen LogP contribution < -0.4 is 10.6 Å². The number of aromatic nitrogens is 1. The summed E-state index contributed by atoms with van der Waals surface area (Å²) in [6.45, 7) is 3.24. The highest BCUT2D eigenvalue weighted by molar-refractivity contribution is 14.0. The molecule has 23 heavy (non-hydrogen) atoms. The Kier molecular flexibility index (Phi) is 8.78. The van der Waals surface area contributed by atoms with Crippen molar-refractivity contribution in [3.8, 4) is 0 Å². The van der Waals surface area contributed by atoms with Crippen molar-refractivity contribution in [3.05, 3.63) is 50.7 Å². The number of thiazole rings is 1. The zero-order chi connectivity index (χ0) is 15.9. The molecule has 1 heterocycles. The second kappa shape index (κ2) is 10.0. The zero-order valence-electron chi connectivity index (χ0n) is 12.9. The first-order chi connectivity index (χ1) is 10.6. The molecule has 0 radical (unpaired) electrons. The number of aryl methyl sites for hydroxylation is 1. The van der Waals surface area contributed by atoms with Crippen LogP contribution in [0.1, 0.15) is 22.4 Å². The first-order valence-corrected chi connectivity index (χ1v) is 8.13. The van der Waals surface area contributed by atoms with Gasteiger partial charge in [0, 0.05) is 24.7 Å². The van der Waals surface area contributed by atoms with Crippen LogP contribution in [0, 0.1) is 5.82 Å². The van der Waals surface area contributed by atoms with E-state index in [1.807, 2.05) is 6.20 Å². The number of guanidine groups is 1. The average Bonchev–Trinajstić information content (AvgIpc) is 2.99. The molecule has 2 N–H and O–H groups in total. The Labute approximate surface area is 161 Å². The number of benzene rings is 1. The number of nitrogens with zero attached hydrogens (tertiary/aromatic N) is 2. The van der Waals surface area contributed by atoms with Gasteiger partial charge in [0.05, 0.1) is 11.6 Å². The number of aliphatic imine (C=N–C) groups is 1. The maximum Gasteiger partial charge on any atom is 0.191 e. The summed E-state index contributed by atoms with van der Waals surface area (Å²) < 4.78 is 13.1. The van der Waals surface area contributed by atoms with E-state index < -0.39 is 5.82 Å². The normalized spacial score (nSPS) is 11.0. The van der Waals surface area contributed by atoms with Gasteiger partial charge in [-0.3, -0.25) is 4.99 Å².